The third-order valence-electron chi connectivity index (χ3n) is 7.01. The average molecular weight is 431 g/mol. The third-order valence-corrected chi connectivity index (χ3v) is 7.33. The zero-order valence-corrected chi connectivity index (χ0v) is 20.6. The van der Waals surface area contributed by atoms with Crippen molar-refractivity contribution in [1.29, 1.82) is 0 Å². The molecule has 0 saturated heterocycles. The highest BCUT2D eigenvalue weighted by Gasteiger charge is 2.37. The average Bonchev–Trinajstić information content (AvgIpc) is 3.12. The molecule has 4 aromatic rings. The molecule has 0 spiro atoms. The second-order valence-corrected chi connectivity index (χ2v) is 12.1. The van der Waals surface area contributed by atoms with Gasteiger partial charge < -0.3 is 4.42 Å². The number of rotatable bonds is 0. The fourth-order valence-electron chi connectivity index (χ4n) is 5.10. The minimum absolute atomic E-state index is 0.00864. The lowest BCUT2D eigenvalue weighted by molar-refractivity contribution is 0.559. The Labute approximate surface area is 190 Å². The zero-order chi connectivity index (χ0) is 22.5. The lowest BCUT2D eigenvalue weighted by Crippen LogP contribution is -2.16. The van der Waals surface area contributed by atoms with E-state index in [0.29, 0.717) is 0 Å². The van der Waals surface area contributed by atoms with E-state index in [1.165, 1.54) is 44.2 Å². The van der Waals surface area contributed by atoms with Crippen molar-refractivity contribution in [3.8, 4) is 11.1 Å². The molecule has 0 bridgehead atoms. The second kappa shape index (κ2) is 6.17. The molecule has 1 heterocycles. The summed E-state index contributed by atoms with van der Waals surface area (Å²) in [6.45, 7) is 18.2. The predicted octanol–water partition coefficient (Wildman–Crippen LogP) is 9.14. The van der Waals surface area contributed by atoms with Gasteiger partial charge in [0.1, 0.15) is 11.2 Å². The quantitative estimate of drug-likeness (QED) is 0.271. The summed E-state index contributed by atoms with van der Waals surface area (Å²) in [5.74, 6) is 0. The highest BCUT2D eigenvalue weighted by Crippen LogP contribution is 2.53. The SMILES string of the molecule is CC(C)(C)c1cc(C(C)(C)C)c2oc3cc4c(cc3c2c1)-c1c(Cl)cccc1C4(C)C. The van der Waals surface area contributed by atoms with Crippen LogP contribution in [-0.4, -0.2) is 0 Å². The molecule has 0 aliphatic heterocycles. The molecule has 1 aliphatic rings. The van der Waals surface area contributed by atoms with Gasteiger partial charge >= 0.3 is 0 Å². The molecule has 1 nitrogen and oxygen atoms in total. The van der Waals surface area contributed by atoms with E-state index in [9.17, 15) is 0 Å². The number of hydrogen-bond acceptors (Lipinski definition) is 1. The van der Waals surface area contributed by atoms with E-state index in [4.69, 9.17) is 16.0 Å². The summed E-state index contributed by atoms with van der Waals surface area (Å²) >= 11 is 6.71. The summed E-state index contributed by atoms with van der Waals surface area (Å²) in [6, 6.07) is 15.5. The Morgan fingerprint density at radius 1 is 0.806 bits per heavy atom. The van der Waals surface area contributed by atoms with Gasteiger partial charge in [-0.2, -0.15) is 0 Å². The molecule has 0 unspecified atom stereocenters. The molecule has 0 amide bonds. The predicted molar refractivity (Wildman–Crippen MR) is 134 cm³/mol. The van der Waals surface area contributed by atoms with Gasteiger partial charge in [-0.1, -0.05) is 85.2 Å². The Morgan fingerprint density at radius 2 is 1.52 bits per heavy atom. The van der Waals surface area contributed by atoms with Crippen molar-refractivity contribution in [2.75, 3.05) is 0 Å². The zero-order valence-electron chi connectivity index (χ0n) is 19.8. The first kappa shape index (κ1) is 20.6. The minimum Gasteiger partial charge on any atom is -0.456 e. The third kappa shape index (κ3) is 2.89. The number of fused-ring (bicyclic) bond motifs is 6. The van der Waals surface area contributed by atoms with Gasteiger partial charge in [0.25, 0.3) is 0 Å². The van der Waals surface area contributed by atoms with Gasteiger partial charge in [0.15, 0.2) is 0 Å². The van der Waals surface area contributed by atoms with E-state index in [-0.39, 0.29) is 16.2 Å². The highest BCUT2D eigenvalue weighted by molar-refractivity contribution is 6.34. The Hall–Kier alpha value is -2.25. The van der Waals surface area contributed by atoms with Gasteiger partial charge in [-0.3, -0.25) is 0 Å². The lowest BCUT2D eigenvalue weighted by Gasteiger charge is -2.25. The monoisotopic (exact) mass is 430 g/mol. The second-order valence-electron chi connectivity index (χ2n) is 11.7. The van der Waals surface area contributed by atoms with Crippen molar-refractivity contribution in [1.82, 2.24) is 0 Å². The summed E-state index contributed by atoms with van der Waals surface area (Å²) in [6.07, 6.45) is 0. The van der Waals surface area contributed by atoms with E-state index < -0.39 is 0 Å². The fourth-order valence-corrected chi connectivity index (χ4v) is 5.38. The van der Waals surface area contributed by atoms with E-state index >= 15 is 0 Å². The smallest absolute Gasteiger partial charge is 0.139 e. The topological polar surface area (TPSA) is 13.1 Å². The van der Waals surface area contributed by atoms with Crippen molar-refractivity contribution >= 4 is 33.5 Å². The van der Waals surface area contributed by atoms with Crippen LogP contribution in [0, 0.1) is 0 Å². The summed E-state index contributed by atoms with van der Waals surface area (Å²) in [7, 11) is 0. The van der Waals surface area contributed by atoms with Crippen LogP contribution in [0.25, 0.3) is 33.1 Å². The fraction of sp³-hybridized carbons (Fsp3) is 0.379. The van der Waals surface area contributed by atoms with Crippen LogP contribution < -0.4 is 0 Å². The van der Waals surface area contributed by atoms with Gasteiger partial charge in [-0.15, -0.1) is 0 Å². The first-order valence-electron chi connectivity index (χ1n) is 11.2. The Balaban J connectivity index is 1.92. The van der Waals surface area contributed by atoms with Gasteiger partial charge in [-0.25, -0.2) is 0 Å². The maximum absolute atomic E-state index is 6.71. The molecule has 3 aromatic carbocycles. The molecule has 0 atom stereocenters. The lowest BCUT2D eigenvalue weighted by atomic mass is 9.79. The molecule has 0 saturated carbocycles. The van der Waals surface area contributed by atoms with Crippen molar-refractivity contribution in [3.63, 3.8) is 0 Å². The van der Waals surface area contributed by atoms with Gasteiger partial charge in [0.2, 0.25) is 0 Å². The van der Waals surface area contributed by atoms with Crippen molar-refractivity contribution in [3.05, 3.63) is 69.7 Å². The molecule has 0 N–H and O–H groups in total. The van der Waals surface area contributed by atoms with Crippen molar-refractivity contribution < 1.29 is 4.42 Å². The maximum atomic E-state index is 6.71. The molecule has 31 heavy (non-hydrogen) atoms. The molecule has 160 valence electrons. The van der Waals surface area contributed by atoms with Crippen molar-refractivity contribution in [2.45, 2.75) is 71.6 Å². The standard InChI is InChI=1S/C29H31ClO/c1-27(2,3)16-12-18-17-14-19-21(29(7,8)20-10-9-11-23(30)25(19)20)15-24(17)31-26(18)22(13-16)28(4,5)6/h9-15H,1-8H3. The van der Waals surface area contributed by atoms with Crippen LogP contribution in [-0.2, 0) is 16.2 Å². The molecule has 1 aromatic heterocycles. The molecular weight excluding hydrogens is 400 g/mol. The van der Waals surface area contributed by atoms with Crippen LogP contribution in [0.1, 0.15) is 77.6 Å². The minimum atomic E-state index is -0.105. The van der Waals surface area contributed by atoms with Crippen LogP contribution in [0.2, 0.25) is 5.02 Å². The molecule has 5 rings (SSSR count). The Morgan fingerprint density at radius 3 is 2.16 bits per heavy atom. The molecule has 1 aliphatic carbocycles. The summed E-state index contributed by atoms with van der Waals surface area (Å²) in [5.41, 5.74) is 9.51. The number of hydrogen-bond donors (Lipinski definition) is 0. The van der Waals surface area contributed by atoms with Crippen LogP contribution in [0.15, 0.2) is 46.9 Å². The summed E-state index contributed by atoms with van der Waals surface area (Å²) in [4.78, 5) is 0. The Bertz CT molecular complexity index is 1370. The van der Waals surface area contributed by atoms with E-state index in [2.05, 4.69) is 91.8 Å². The van der Waals surface area contributed by atoms with Gasteiger partial charge in [0.05, 0.1) is 0 Å². The number of benzene rings is 3. The van der Waals surface area contributed by atoms with Crippen LogP contribution >= 0.6 is 11.6 Å². The van der Waals surface area contributed by atoms with E-state index in [1.54, 1.807) is 0 Å². The van der Waals surface area contributed by atoms with Crippen LogP contribution in [0.4, 0.5) is 0 Å². The summed E-state index contributed by atoms with van der Waals surface area (Å²) in [5, 5.41) is 3.20. The van der Waals surface area contributed by atoms with E-state index in [1.807, 2.05) is 6.07 Å². The van der Waals surface area contributed by atoms with Crippen LogP contribution in [0.5, 0.6) is 0 Å². The first-order chi connectivity index (χ1) is 14.3. The molecular formula is C29H31ClO. The van der Waals surface area contributed by atoms with E-state index in [0.717, 1.165) is 16.2 Å². The van der Waals surface area contributed by atoms with Crippen molar-refractivity contribution in [2.24, 2.45) is 0 Å². The highest BCUT2D eigenvalue weighted by atomic mass is 35.5. The van der Waals surface area contributed by atoms with Crippen LogP contribution in [0.3, 0.4) is 0 Å². The summed E-state index contributed by atoms with van der Waals surface area (Å²) < 4.78 is 6.59. The number of halogens is 1. The Kier molecular flexibility index (Phi) is 4.11. The van der Waals surface area contributed by atoms with Gasteiger partial charge in [-0.05, 0) is 57.3 Å². The normalized spacial score (nSPS) is 15.5. The maximum Gasteiger partial charge on any atom is 0.139 e. The molecule has 0 radical (unpaired) electrons. The number of furan rings is 1. The molecule has 2 heteroatoms. The molecule has 0 fully saturated rings. The van der Waals surface area contributed by atoms with Gasteiger partial charge in [0, 0.05) is 32.3 Å². The largest absolute Gasteiger partial charge is 0.456 e. The first-order valence-corrected chi connectivity index (χ1v) is 11.5.